The lowest BCUT2D eigenvalue weighted by molar-refractivity contribution is -0.140. The van der Waals surface area contributed by atoms with E-state index in [4.69, 9.17) is 17.0 Å². The molecule has 15 nitrogen and oxygen atoms in total. The van der Waals surface area contributed by atoms with Gasteiger partial charge < -0.3 is 25.2 Å². The van der Waals surface area contributed by atoms with E-state index in [0.717, 1.165) is 39.1 Å². The Labute approximate surface area is 293 Å². The number of hydrogen-bond acceptors (Lipinski definition) is 11. The van der Waals surface area contributed by atoms with Crippen LogP contribution < -0.4 is 42.2 Å². The zero-order chi connectivity index (χ0) is 35.6. The van der Waals surface area contributed by atoms with Crippen LogP contribution >= 0.6 is 35.7 Å². The minimum atomic E-state index is -1.32. The third-order valence-electron chi connectivity index (χ3n) is 8.15. The number of carbonyl (C=O) groups excluding carboxylic acids is 2. The first-order chi connectivity index (χ1) is 23.4. The molecular formula is C31H34N6O9S3. The maximum atomic E-state index is 14.6. The molecule has 0 spiro atoms. The summed E-state index contributed by atoms with van der Waals surface area (Å²) in [6, 6.07) is 4.45. The standard InChI is InChI=1S/C31H34N6O9S3/c1-4-32-30(45)33-37-26(25-29(44)36(15-23(40)41)31(47)49-25)34(5-2)27(42)24(28(37)43)18(16-8-6-7-9-16)13-21-35(14-22(38)39)19-11-10-17(46-3)12-20(19)48-21/h10-13,16H,4-9,14-15H2,1-3H3,(H,38,39)(H,40,41)(H2,32,33,45)/b21-13-,24-18+,26-25+. The Hall–Kier alpha value is -4.55. The van der Waals surface area contributed by atoms with Crippen molar-refractivity contribution in [2.24, 2.45) is 5.92 Å². The van der Waals surface area contributed by atoms with Crippen LogP contribution in [0.4, 0.5) is 10.5 Å². The lowest BCUT2D eigenvalue weighted by Crippen LogP contribution is -2.63. The van der Waals surface area contributed by atoms with Gasteiger partial charge in [0.25, 0.3) is 17.0 Å². The topological polar surface area (TPSA) is 193 Å². The second kappa shape index (κ2) is 14.9. The molecule has 1 aromatic heterocycles. The number of nitrogens with one attached hydrogen (secondary N) is 2. The van der Waals surface area contributed by atoms with Crippen molar-refractivity contribution in [2.75, 3.05) is 37.1 Å². The van der Waals surface area contributed by atoms with Crippen LogP contribution in [-0.4, -0.2) is 79.3 Å². The van der Waals surface area contributed by atoms with E-state index < -0.39 is 41.5 Å². The molecule has 0 bridgehead atoms. The number of amides is 3. The van der Waals surface area contributed by atoms with Gasteiger partial charge in [0, 0.05) is 18.0 Å². The summed E-state index contributed by atoms with van der Waals surface area (Å²) in [5, 5.41) is 21.9. The van der Waals surface area contributed by atoms with Gasteiger partial charge in [-0.2, -0.15) is 4.68 Å². The third kappa shape index (κ3) is 7.11. The van der Waals surface area contributed by atoms with E-state index in [9.17, 15) is 39.0 Å². The molecular weight excluding hydrogens is 697 g/mol. The number of urea groups is 1. The minimum Gasteiger partial charge on any atom is -0.497 e. The number of carboxylic acid groups (broad SMARTS) is 2. The lowest BCUT2D eigenvalue weighted by atomic mass is 9.95. The minimum absolute atomic E-state index is 0.0405. The number of fused-ring (bicyclic) bond motifs is 1. The highest BCUT2D eigenvalue weighted by molar-refractivity contribution is 8.30. The first-order valence-corrected chi connectivity index (χ1v) is 17.5. The Morgan fingerprint density at radius 3 is 2.31 bits per heavy atom. The van der Waals surface area contributed by atoms with Gasteiger partial charge in [-0.25, -0.2) is 10.2 Å². The van der Waals surface area contributed by atoms with E-state index >= 15 is 0 Å². The number of aliphatic carboxylic acids is 2. The summed E-state index contributed by atoms with van der Waals surface area (Å²) in [6.07, 6.45) is 4.67. The predicted octanol–water partition coefficient (Wildman–Crippen LogP) is 1.24. The van der Waals surface area contributed by atoms with Crippen LogP contribution in [0.2, 0.25) is 0 Å². The van der Waals surface area contributed by atoms with Crippen LogP contribution in [0.5, 0.6) is 5.75 Å². The number of carboxylic acids is 2. The fourth-order valence-electron chi connectivity index (χ4n) is 6.01. The third-order valence-corrected chi connectivity index (χ3v) is 10.7. The van der Waals surface area contributed by atoms with E-state index in [1.54, 1.807) is 43.0 Å². The average molecular weight is 731 g/mol. The number of allylic oxidation sites excluding steroid dienone is 1. The molecule has 18 heteroatoms. The molecule has 3 heterocycles. The van der Waals surface area contributed by atoms with Crippen molar-refractivity contribution in [3.05, 3.63) is 60.7 Å². The summed E-state index contributed by atoms with van der Waals surface area (Å²) in [6.45, 7) is 2.34. The van der Waals surface area contributed by atoms with Crippen molar-refractivity contribution < 1.29 is 34.1 Å². The van der Waals surface area contributed by atoms with Crippen LogP contribution in [0, 0.1) is 5.92 Å². The molecule has 260 valence electrons. The second-order valence-electron chi connectivity index (χ2n) is 11.2. The van der Waals surface area contributed by atoms with Gasteiger partial charge in [-0.15, -0.1) is 0 Å². The van der Waals surface area contributed by atoms with Gasteiger partial charge >= 0.3 is 18.0 Å². The number of aromatic nitrogens is 2. The molecule has 2 aliphatic heterocycles. The summed E-state index contributed by atoms with van der Waals surface area (Å²) >= 11 is 7.27. The molecule has 1 aromatic carbocycles. The predicted molar refractivity (Wildman–Crippen MR) is 189 cm³/mol. The van der Waals surface area contributed by atoms with Gasteiger partial charge in [0.05, 0.1) is 17.8 Å². The van der Waals surface area contributed by atoms with Crippen molar-refractivity contribution in [1.82, 2.24) is 19.5 Å². The molecule has 0 atom stereocenters. The fourth-order valence-corrected chi connectivity index (χ4v) is 8.47. The number of thiocarbonyl (C=S) groups is 1. The van der Waals surface area contributed by atoms with Crippen LogP contribution in [0.25, 0.3) is 10.5 Å². The number of ether oxygens (including phenoxy) is 1. The summed E-state index contributed by atoms with van der Waals surface area (Å²) in [4.78, 5) is 82.0. The zero-order valence-electron chi connectivity index (χ0n) is 26.8. The van der Waals surface area contributed by atoms with Gasteiger partial charge in [-0.05, 0) is 62.5 Å². The van der Waals surface area contributed by atoms with Crippen molar-refractivity contribution in [2.45, 2.75) is 51.0 Å². The number of benzene rings is 1. The van der Waals surface area contributed by atoms with Gasteiger partial charge in [0.2, 0.25) is 0 Å². The normalized spacial score (nSPS) is 18.6. The number of rotatable bonds is 10. The molecule has 4 N–H and O–H groups in total. The largest absolute Gasteiger partial charge is 0.497 e. The second-order valence-corrected chi connectivity index (χ2v) is 13.9. The molecule has 2 aromatic rings. The SMILES string of the molecule is CCNC(=O)Nn1c(=O)/c(=C(\C=C2/Sc3cc(OC)ccc3N2CC(=O)O)C2CCCC2)c(=O)n(CC)/c1=C1\SC(=S)N(CC(=O)O)C1=O. The van der Waals surface area contributed by atoms with Gasteiger partial charge in [-0.1, -0.05) is 48.6 Å². The van der Waals surface area contributed by atoms with Gasteiger partial charge in [0.15, 0.2) is 5.48 Å². The number of thioether (sulfide) groups is 2. The number of nitrogens with zero attached hydrogens (tertiary/aromatic N) is 4. The summed E-state index contributed by atoms with van der Waals surface area (Å²) in [7, 11) is 1.52. The molecule has 0 unspecified atom stereocenters. The van der Waals surface area contributed by atoms with E-state index in [2.05, 4.69) is 10.7 Å². The maximum absolute atomic E-state index is 14.6. The first-order valence-electron chi connectivity index (χ1n) is 15.4. The average Bonchev–Trinajstić information content (AvgIpc) is 3.77. The molecule has 49 heavy (non-hydrogen) atoms. The van der Waals surface area contributed by atoms with Gasteiger partial charge in [0.1, 0.15) is 33.3 Å². The molecule has 1 saturated heterocycles. The highest BCUT2D eigenvalue weighted by Crippen LogP contribution is 2.48. The number of carbonyl (C=O) groups is 4. The highest BCUT2D eigenvalue weighted by Gasteiger charge is 2.37. The fraction of sp³-hybridized carbons (Fsp3) is 0.387. The van der Waals surface area contributed by atoms with E-state index in [1.807, 2.05) is 0 Å². The Balaban J connectivity index is 1.87. The van der Waals surface area contributed by atoms with Crippen LogP contribution in [0.15, 0.2) is 43.8 Å². The quantitative estimate of drug-likeness (QED) is 0.256. The number of hydrogen-bond donors (Lipinski definition) is 4. The number of methoxy groups -OCH3 is 1. The Bertz CT molecular complexity index is 2030. The lowest BCUT2D eigenvalue weighted by Gasteiger charge is -2.20. The maximum Gasteiger partial charge on any atom is 0.334 e. The molecule has 0 radical (unpaired) electrons. The summed E-state index contributed by atoms with van der Waals surface area (Å²) in [5.41, 5.74) is 1.59. The molecule has 1 saturated carbocycles. The van der Waals surface area contributed by atoms with E-state index in [1.165, 1.54) is 23.4 Å². The van der Waals surface area contributed by atoms with Crippen molar-refractivity contribution in [1.29, 1.82) is 0 Å². The number of anilines is 1. The van der Waals surface area contributed by atoms with E-state index in [0.29, 0.717) is 34.9 Å². The monoisotopic (exact) mass is 730 g/mol. The van der Waals surface area contributed by atoms with Crippen molar-refractivity contribution >= 4 is 80.1 Å². The van der Waals surface area contributed by atoms with Crippen molar-refractivity contribution in [3.63, 3.8) is 0 Å². The highest BCUT2D eigenvalue weighted by atomic mass is 32.2. The van der Waals surface area contributed by atoms with Crippen LogP contribution in [-0.2, 0) is 20.9 Å². The molecule has 3 aliphatic rings. The molecule has 1 aliphatic carbocycles. The van der Waals surface area contributed by atoms with Gasteiger partial charge in [-0.3, -0.25) is 33.4 Å². The van der Waals surface area contributed by atoms with Crippen LogP contribution in [0.1, 0.15) is 39.5 Å². The van der Waals surface area contributed by atoms with Crippen LogP contribution in [0.3, 0.4) is 0 Å². The Morgan fingerprint density at radius 1 is 1.02 bits per heavy atom. The summed E-state index contributed by atoms with van der Waals surface area (Å²) < 4.78 is 7.29. The first kappa shape index (κ1) is 35.7. The molecule has 5 rings (SSSR count). The smallest absolute Gasteiger partial charge is 0.334 e. The van der Waals surface area contributed by atoms with Crippen molar-refractivity contribution in [3.8, 4) is 5.75 Å². The van der Waals surface area contributed by atoms with E-state index in [-0.39, 0.29) is 45.5 Å². The molecule has 2 fully saturated rings. The summed E-state index contributed by atoms with van der Waals surface area (Å²) in [5.74, 6) is -2.92. The Kier molecular flexibility index (Phi) is 10.9. The Morgan fingerprint density at radius 2 is 1.69 bits per heavy atom. The zero-order valence-corrected chi connectivity index (χ0v) is 29.3. The molecule has 3 amide bonds.